The fourth-order valence-electron chi connectivity index (χ4n) is 0. The van der Waals surface area contributed by atoms with Gasteiger partial charge in [0.1, 0.15) is 0 Å². The Hall–Kier alpha value is -1.22. The molecule has 0 aromatic carbocycles. The van der Waals surface area contributed by atoms with Crippen LogP contribution in [0, 0.1) is 0 Å². The van der Waals surface area contributed by atoms with Crippen molar-refractivity contribution in [2.24, 2.45) is 22.9 Å². The molecule has 0 fully saturated rings. The molecule has 0 spiro atoms. The summed E-state index contributed by atoms with van der Waals surface area (Å²) in [6.45, 7) is 0.639. The van der Waals surface area contributed by atoms with Gasteiger partial charge in [-0.05, 0) is 0 Å². The molecule has 8 nitrogen and oxygen atoms in total. The van der Waals surface area contributed by atoms with Gasteiger partial charge >= 0.3 is 11.9 Å². The van der Waals surface area contributed by atoms with Crippen LogP contribution in [0.5, 0.6) is 0 Å². The summed E-state index contributed by atoms with van der Waals surface area (Å²) in [6, 6.07) is 0. The van der Waals surface area contributed by atoms with Crippen LogP contribution in [-0.4, -0.2) is 48.3 Å². The van der Waals surface area contributed by atoms with Crippen molar-refractivity contribution in [2.45, 2.75) is 0 Å². The largest absolute Gasteiger partial charge is 0.480 e. The summed E-state index contributed by atoms with van der Waals surface area (Å²) in [5.74, 6) is -1.94. The van der Waals surface area contributed by atoms with Crippen molar-refractivity contribution in [3.8, 4) is 0 Å². The van der Waals surface area contributed by atoms with Gasteiger partial charge < -0.3 is 33.1 Å². The van der Waals surface area contributed by atoms with Crippen LogP contribution >= 0.6 is 0 Å². The molecule has 14 heavy (non-hydrogen) atoms. The normalized spacial score (nSPS) is 7.43. The molecule has 0 atom stereocenters. The SMILES string of the molecule is NCC(=O)O.NCC(=O)O.NCCN. The van der Waals surface area contributed by atoms with E-state index in [9.17, 15) is 9.59 Å². The van der Waals surface area contributed by atoms with Crippen molar-refractivity contribution in [2.75, 3.05) is 26.2 Å². The molecule has 0 aliphatic rings. The van der Waals surface area contributed by atoms with Gasteiger partial charge in [-0.2, -0.15) is 0 Å². The van der Waals surface area contributed by atoms with Crippen molar-refractivity contribution in [3.63, 3.8) is 0 Å². The van der Waals surface area contributed by atoms with Crippen LogP contribution in [0.25, 0.3) is 0 Å². The van der Waals surface area contributed by atoms with E-state index in [1.54, 1.807) is 0 Å². The summed E-state index contributed by atoms with van der Waals surface area (Å²) in [5, 5.41) is 15.2. The maximum Gasteiger partial charge on any atom is 0.317 e. The Kier molecular flexibility index (Phi) is 23.5. The van der Waals surface area contributed by atoms with E-state index in [-0.39, 0.29) is 13.1 Å². The van der Waals surface area contributed by atoms with Gasteiger partial charge in [0.2, 0.25) is 0 Å². The second kappa shape index (κ2) is 17.8. The predicted molar refractivity (Wildman–Crippen MR) is 51.5 cm³/mol. The standard InChI is InChI=1S/C2H8N2.2C2H5NO2/c3-1-2-4;2*3-1-2(4)5/h1-4H2;2*1,3H2,(H,4,5). The molecule has 0 heterocycles. The van der Waals surface area contributed by atoms with Crippen LogP contribution in [0.4, 0.5) is 0 Å². The fraction of sp³-hybridized carbons (Fsp3) is 0.667. The lowest BCUT2D eigenvalue weighted by Gasteiger charge is -1.73. The van der Waals surface area contributed by atoms with Gasteiger partial charge in [-0.1, -0.05) is 0 Å². The highest BCUT2D eigenvalue weighted by molar-refractivity contribution is 5.68. The summed E-state index contributed by atoms with van der Waals surface area (Å²) in [6.07, 6.45) is 0. The lowest BCUT2D eigenvalue weighted by Crippen LogP contribution is -2.11. The van der Waals surface area contributed by atoms with E-state index in [1.807, 2.05) is 0 Å². The third kappa shape index (κ3) is 72.2. The summed E-state index contributed by atoms with van der Waals surface area (Å²) in [5.41, 5.74) is 18.9. The molecule has 0 saturated carbocycles. The van der Waals surface area contributed by atoms with E-state index in [0.29, 0.717) is 13.1 Å². The molecule has 86 valence electrons. The molecule has 0 aromatic heterocycles. The highest BCUT2D eigenvalue weighted by atomic mass is 16.4. The Morgan fingerprint density at radius 1 is 0.786 bits per heavy atom. The first-order valence-corrected chi connectivity index (χ1v) is 3.70. The zero-order valence-corrected chi connectivity index (χ0v) is 7.85. The third-order valence-electron chi connectivity index (χ3n) is 0.516. The lowest BCUT2D eigenvalue weighted by atomic mass is 10.7. The molecule has 0 aliphatic heterocycles. The molecular weight excluding hydrogens is 192 g/mol. The van der Waals surface area contributed by atoms with Gasteiger partial charge in [0.15, 0.2) is 0 Å². The maximum absolute atomic E-state index is 9.24. The summed E-state index contributed by atoms with van der Waals surface area (Å²) in [7, 11) is 0. The molecule has 0 saturated heterocycles. The highest BCUT2D eigenvalue weighted by Gasteiger charge is 1.81. The monoisotopic (exact) mass is 210 g/mol. The maximum atomic E-state index is 9.24. The number of rotatable bonds is 3. The Labute approximate surface area is 81.8 Å². The first kappa shape index (κ1) is 18.5. The van der Waals surface area contributed by atoms with Gasteiger partial charge in [-0.3, -0.25) is 9.59 Å². The third-order valence-corrected chi connectivity index (χ3v) is 0.516. The van der Waals surface area contributed by atoms with Gasteiger partial charge in [0.05, 0.1) is 13.1 Å². The Morgan fingerprint density at radius 2 is 0.929 bits per heavy atom. The van der Waals surface area contributed by atoms with E-state index >= 15 is 0 Å². The van der Waals surface area contributed by atoms with Crippen LogP contribution in [-0.2, 0) is 9.59 Å². The second-order valence-electron chi connectivity index (χ2n) is 1.77. The minimum absolute atomic E-state index is 0.278. The molecule has 0 aromatic rings. The average Bonchev–Trinajstić information content (AvgIpc) is 2.19. The molecule has 0 unspecified atom stereocenters. The van der Waals surface area contributed by atoms with Crippen LogP contribution in [0.1, 0.15) is 0 Å². The molecular formula is C6H18N4O4. The fourth-order valence-corrected chi connectivity index (χ4v) is 0. The summed E-state index contributed by atoms with van der Waals surface area (Å²) >= 11 is 0. The molecule has 0 aliphatic carbocycles. The predicted octanol–water partition coefficient (Wildman–Crippen LogP) is -3.04. The van der Waals surface area contributed by atoms with Gasteiger partial charge in [0.25, 0.3) is 0 Å². The van der Waals surface area contributed by atoms with Crippen molar-refractivity contribution in [1.82, 2.24) is 0 Å². The zero-order valence-electron chi connectivity index (χ0n) is 7.85. The minimum Gasteiger partial charge on any atom is -0.480 e. The lowest BCUT2D eigenvalue weighted by molar-refractivity contribution is -0.136. The van der Waals surface area contributed by atoms with E-state index in [4.69, 9.17) is 21.7 Å². The van der Waals surface area contributed by atoms with Crippen molar-refractivity contribution in [3.05, 3.63) is 0 Å². The first-order valence-electron chi connectivity index (χ1n) is 3.70. The Bertz CT molecular complexity index is 126. The van der Waals surface area contributed by atoms with E-state index in [2.05, 4.69) is 11.5 Å². The Balaban J connectivity index is -0.000000131. The summed E-state index contributed by atoms with van der Waals surface area (Å²) in [4.78, 5) is 18.5. The van der Waals surface area contributed by atoms with Crippen molar-refractivity contribution < 1.29 is 19.8 Å². The van der Waals surface area contributed by atoms with E-state index < -0.39 is 11.9 Å². The van der Waals surface area contributed by atoms with E-state index in [0.717, 1.165) is 0 Å². The van der Waals surface area contributed by atoms with Crippen molar-refractivity contribution >= 4 is 11.9 Å². The number of hydrogen-bond acceptors (Lipinski definition) is 6. The zero-order chi connectivity index (χ0) is 12.0. The number of hydrogen-bond donors (Lipinski definition) is 6. The number of carboxylic acid groups (broad SMARTS) is 2. The smallest absolute Gasteiger partial charge is 0.317 e. The van der Waals surface area contributed by atoms with Gasteiger partial charge in [-0.15, -0.1) is 0 Å². The second-order valence-corrected chi connectivity index (χ2v) is 1.77. The topological polar surface area (TPSA) is 179 Å². The van der Waals surface area contributed by atoms with Crippen LogP contribution in [0.3, 0.4) is 0 Å². The Morgan fingerprint density at radius 3 is 0.929 bits per heavy atom. The minimum atomic E-state index is -0.968. The van der Waals surface area contributed by atoms with E-state index in [1.165, 1.54) is 0 Å². The quantitative estimate of drug-likeness (QED) is 0.284. The van der Waals surface area contributed by atoms with Gasteiger partial charge in [-0.25, -0.2) is 0 Å². The molecule has 10 N–H and O–H groups in total. The molecule has 0 amide bonds. The van der Waals surface area contributed by atoms with Crippen LogP contribution < -0.4 is 22.9 Å². The summed E-state index contributed by atoms with van der Waals surface area (Å²) < 4.78 is 0. The molecule has 8 heteroatoms. The van der Waals surface area contributed by atoms with Crippen molar-refractivity contribution in [1.29, 1.82) is 0 Å². The first-order chi connectivity index (χ1) is 6.45. The molecule has 0 rings (SSSR count). The molecule has 0 bridgehead atoms. The average molecular weight is 210 g/mol. The van der Waals surface area contributed by atoms with Crippen LogP contribution in [0.15, 0.2) is 0 Å². The number of carboxylic acids is 2. The van der Waals surface area contributed by atoms with Crippen LogP contribution in [0.2, 0.25) is 0 Å². The van der Waals surface area contributed by atoms with Gasteiger partial charge in [0, 0.05) is 13.1 Å². The number of aliphatic carboxylic acids is 2. The molecule has 0 radical (unpaired) electrons. The highest BCUT2D eigenvalue weighted by Crippen LogP contribution is 1.44. The number of carbonyl (C=O) groups is 2. The number of nitrogens with two attached hydrogens (primary N) is 4.